The van der Waals surface area contributed by atoms with E-state index >= 15 is 0 Å². The fraction of sp³-hybridized carbons (Fsp3) is 0.0476. The van der Waals surface area contributed by atoms with E-state index in [0.717, 1.165) is 10.9 Å². The Balaban J connectivity index is 1.49. The number of aromatic amines is 1. The number of hydrogen-bond donors (Lipinski definition) is 3. The van der Waals surface area contributed by atoms with Gasteiger partial charge in [-0.2, -0.15) is 0 Å². The number of furan rings is 1. The molecule has 7 heteroatoms. The number of carbonyl (C=O) groups excluding carboxylic acids is 2. The molecule has 4 aromatic rings. The Bertz CT molecular complexity index is 1150. The molecule has 0 bridgehead atoms. The van der Waals surface area contributed by atoms with Gasteiger partial charge in [-0.05, 0) is 48.5 Å². The third kappa shape index (κ3) is 3.77. The molecule has 0 aliphatic heterocycles. The van der Waals surface area contributed by atoms with Gasteiger partial charge in [-0.25, -0.2) is 0 Å². The third-order valence-corrected chi connectivity index (χ3v) is 4.57. The maximum atomic E-state index is 12.4. The van der Waals surface area contributed by atoms with Crippen LogP contribution in [0.25, 0.3) is 10.9 Å². The number of anilines is 1. The van der Waals surface area contributed by atoms with Crippen LogP contribution in [0.1, 0.15) is 26.6 Å². The molecule has 0 atom stereocenters. The summed E-state index contributed by atoms with van der Waals surface area (Å²) in [7, 11) is 0. The van der Waals surface area contributed by atoms with Gasteiger partial charge < -0.3 is 20.0 Å². The molecule has 2 aromatic carbocycles. The van der Waals surface area contributed by atoms with Crippen LogP contribution < -0.4 is 10.6 Å². The van der Waals surface area contributed by atoms with Gasteiger partial charge in [0.2, 0.25) is 0 Å². The zero-order valence-corrected chi connectivity index (χ0v) is 15.4. The Hall–Kier alpha value is -3.51. The molecule has 2 aromatic heterocycles. The van der Waals surface area contributed by atoms with E-state index in [1.165, 1.54) is 0 Å². The number of hydrogen-bond acceptors (Lipinski definition) is 3. The van der Waals surface area contributed by atoms with Crippen LogP contribution in [0, 0.1) is 0 Å². The first-order chi connectivity index (χ1) is 13.6. The van der Waals surface area contributed by atoms with E-state index in [-0.39, 0.29) is 11.8 Å². The predicted molar refractivity (Wildman–Crippen MR) is 108 cm³/mol. The predicted octanol–water partition coefficient (Wildman–Crippen LogP) is 4.60. The molecule has 0 aliphatic carbocycles. The number of rotatable bonds is 5. The number of amides is 2. The number of halogens is 1. The lowest BCUT2D eigenvalue weighted by Gasteiger charge is -2.06. The Morgan fingerprint density at radius 1 is 1.00 bits per heavy atom. The summed E-state index contributed by atoms with van der Waals surface area (Å²) >= 11 is 6.07. The van der Waals surface area contributed by atoms with Gasteiger partial charge in [0.1, 0.15) is 11.5 Å². The normalized spacial score (nSPS) is 10.8. The second kappa shape index (κ2) is 7.62. The van der Waals surface area contributed by atoms with Crippen LogP contribution in [0.5, 0.6) is 0 Å². The van der Waals surface area contributed by atoms with Crippen molar-refractivity contribution in [1.29, 1.82) is 0 Å². The summed E-state index contributed by atoms with van der Waals surface area (Å²) in [5.74, 6) is 0.139. The molecule has 4 rings (SSSR count). The summed E-state index contributed by atoms with van der Waals surface area (Å²) in [6.07, 6.45) is 1.56. The van der Waals surface area contributed by atoms with Crippen molar-refractivity contribution in [1.82, 2.24) is 10.3 Å². The monoisotopic (exact) mass is 393 g/mol. The van der Waals surface area contributed by atoms with E-state index < -0.39 is 0 Å². The second-order valence-electron chi connectivity index (χ2n) is 6.18. The molecule has 140 valence electrons. The van der Waals surface area contributed by atoms with Crippen LogP contribution in [0.3, 0.4) is 0 Å². The highest BCUT2D eigenvalue weighted by Crippen LogP contribution is 2.22. The lowest BCUT2D eigenvalue weighted by molar-refractivity contribution is 0.0943. The minimum atomic E-state index is -0.295. The van der Waals surface area contributed by atoms with Crippen molar-refractivity contribution >= 4 is 40.0 Å². The van der Waals surface area contributed by atoms with Gasteiger partial charge in [0, 0.05) is 16.6 Å². The van der Waals surface area contributed by atoms with Crippen molar-refractivity contribution in [3.8, 4) is 0 Å². The molecule has 6 nitrogen and oxygen atoms in total. The van der Waals surface area contributed by atoms with Crippen LogP contribution in [0.15, 0.2) is 71.3 Å². The maximum absolute atomic E-state index is 12.4. The molecule has 0 saturated carbocycles. The van der Waals surface area contributed by atoms with Gasteiger partial charge in [-0.1, -0.05) is 23.7 Å². The molecule has 0 unspecified atom stereocenters. The summed E-state index contributed by atoms with van der Waals surface area (Å²) < 4.78 is 5.20. The zero-order valence-electron chi connectivity index (χ0n) is 14.7. The van der Waals surface area contributed by atoms with Crippen LogP contribution in [-0.4, -0.2) is 16.8 Å². The first kappa shape index (κ1) is 17.9. The van der Waals surface area contributed by atoms with E-state index in [2.05, 4.69) is 15.6 Å². The van der Waals surface area contributed by atoms with E-state index in [1.807, 2.05) is 0 Å². The van der Waals surface area contributed by atoms with Gasteiger partial charge >= 0.3 is 0 Å². The van der Waals surface area contributed by atoms with Gasteiger partial charge in [0.15, 0.2) is 0 Å². The largest absolute Gasteiger partial charge is 0.467 e. The van der Waals surface area contributed by atoms with Crippen molar-refractivity contribution in [3.05, 3.63) is 89.0 Å². The molecule has 2 amide bonds. The molecule has 28 heavy (non-hydrogen) atoms. The molecule has 0 radical (unpaired) electrons. The molecule has 3 N–H and O–H groups in total. The highest BCUT2D eigenvalue weighted by Gasteiger charge is 2.13. The minimum absolute atomic E-state index is 0.241. The Morgan fingerprint density at radius 3 is 2.64 bits per heavy atom. The van der Waals surface area contributed by atoms with Crippen molar-refractivity contribution in [2.45, 2.75) is 6.54 Å². The van der Waals surface area contributed by atoms with Crippen molar-refractivity contribution < 1.29 is 14.0 Å². The minimum Gasteiger partial charge on any atom is -0.467 e. The number of H-pyrrole nitrogens is 1. The third-order valence-electron chi connectivity index (χ3n) is 4.24. The van der Waals surface area contributed by atoms with Crippen LogP contribution in [-0.2, 0) is 6.54 Å². The van der Waals surface area contributed by atoms with Crippen molar-refractivity contribution in [2.24, 2.45) is 0 Å². The quantitative estimate of drug-likeness (QED) is 0.463. The first-order valence-corrected chi connectivity index (χ1v) is 8.97. The topological polar surface area (TPSA) is 87.1 Å². The number of carbonyl (C=O) groups is 2. The molecule has 0 aliphatic rings. The SMILES string of the molecule is O=C(NCc1ccco1)c1cc2cc(NC(=O)c3ccccc3Cl)ccc2[nH]1. The van der Waals surface area contributed by atoms with E-state index in [1.54, 1.807) is 66.9 Å². The molecular weight excluding hydrogens is 378 g/mol. The van der Waals surface area contributed by atoms with Crippen LogP contribution >= 0.6 is 11.6 Å². The molecule has 2 heterocycles. The van der Waals surface area contributed by atoms with Crippen molar-refractivity contribution in [2.75, 3.05) is 5.32 Å². The number of fused-ring (bicyclic) bond motifs is 1. The summed E-state index contributed by atoms with van der Waals surface area (Å²) in [6, 6.07) is 17.5. The summed E-state index contributed by atoms with van der Waals surface area (Å²) in [6.45, 7) is 0.306. The molecule has 0 spiro atoms. The van der Waals surface area contributed by atoms with Gasteiger partial charge in [0.05, 0.1) is 23.4 Å². The number of nitrogens with one attached hydrogen (secondary N) is 3. The van der Waals surface area contributed by atoms with E-state index in [9.17, 15) is 9.59 Å². The van der Waals surface area contributed by atoms with Gasteiger partial charge in [-0.15, -0.1) is 0 Å². The van der Waals surface area contributed by atoms with Crippen LogP contribution in [0.4, 0.5) is 5.69 Å². The summed E-state index contributed by atoms with van der Waals surface area (Å²) in [5.41, 5.74) is 2.23. The lowest BCUT2D eigenvalue weighted by atomic mass is 10.2. The Labute approximate surface area is 165 Å². The molecular formula is C21H16ClN3O3. The highest BCUT2D eigenvalue weighted by atomic mass is 35.5. The smallest absolute Gasteiger partial charge is 0.268 e. The highest BCUT2D eigenvalue weighted by molar-refractivity contribution is 6.34. The average molecular weight is 394 g/mol. The Morgan fingerprint density at radius 2 is 1.86 bits per heavy atom. The van der Waals surface area contributed by atoms with Gasteiger partial charge in [0.25, 0.3) is 11.8 Å². The summed E-state index contributed by atoms with van der Waals surface area (Å²) in [5, 5.41) is 6.80. The summed E-state index contributed by atoms with van der Waals surface area (Å²) in [4.78, 5) is 27.8. The molecule has 0 saturated heterocycles. The number of benzene rings is 2. The first-order valence-electron chi connectivity index (χ1n) is 8.59. The fourth-order valence-corrected chi connectivity index (χ4v) is 3.07. The second-order valence-corrected chi connectivity index (χ2v) is 6.59. The lowest BCUT2D eigenvalue weighted by Crippen LogP contribution is -2.22. The van der Waals surface area contributed by atoms with E-state index in [0.29, 0.717) is 34.3 Å². The standard InChI is InChI=1S/C21H16ClN3O3/c22-17-6-2-1-5-16(17)20(26)24-14-7-8-18-13(10-14)11-19(25-18)21(27)23-12-15-4-3-9-28-15/h1-11,25H,12H2,(H,23,27)(H,24,26). The van der Waals surface area contributed by atoms with Crippen molar-refractivity contribution in [3.63, 3.8) is 0 Å². The zero-order chi connectivity index (χ0) is 19.5. The maximum Gasteiger partial charge on any atom is 0.268 e. The number of aromatic nitrogens is 1. The average Bonchev–Trinajstić information content (AvgIpc) is 3.35. The van der Waals surface area contributed by atoms with E-state index in [4.69, 9.17) is 16.0 Å². The fourth-order valence-electron chi connectivity index (χ4n) is 2.85. The van der Waals surface area contributed by atoms with Gasteiger partial charge in [-0.3, -0.25) is 9.59 Å². The Kier molecular flexibility index (Phi) is 4.87. The van der Waals surface area contributed by atoms with Crippen LogP contribution in [0.2, 0.25) is 5.02 Å². The molecule has 0 fully saturated rings.